The molecular weight excluding hydrogens is 284 g/mol. The van der Waals surface area contributed by atoms with Crippen molar-refractivity contribution in [1.29, 1.82) is 0 Å². The summed E-state index contributed by atoms with van der Waals surface area (Å²) in [5, 5.41) is 4.08. The third-order valence-corrected chi connectivity index (χ3v) is 4.08. The number of nitrogens with one attached hydrogen (secondary N) is 1. The second kappa shape index (κ2) is 5.36. The smallest absolute Gasteiger partial charge is 0.332 e. The summed E-state index contributed by atoms with van der Waals surface area (Å²) in [7, 11) is 0. The molecule has 0 aromatic carbocycles. The van der Waals surface area contributed by atoms with Crippen LogP contribution in [0.4, 0.5) is 0 Å². The molecule has 2 aromatic rings. The van der Waals surface area contributed by atoms with Crippen LogP contribution in [0.5, 0.6) is 0 Å². The molecule has 0 spiro atoms. The van der Waals surface area contributed by atoms with Gasteiger partial charge in [0.05, 0.1) is 6.04 Å². The van der Waals surface area contributed by atoms with Crippen molar-refractivity contribution >= 4 is 5.91 Å². The van der Waals surface area contributed by atoms with Gasteiger partial charge in [0.2, 0.25) is 0 Å². The molecule has 0 saturated carbocycles. The highest BCUT2D eigenvalue weighted by atomic mass is 16.2. The lowest BCUT2D eigenvalue weighted by Gasteiger charge is -2.32. The summed E-state index contributed by atoms with van der Waals surface area (Å²) in [6.45, 7) is 4.29. The van der Waals surface area contributed by atoms with Crippen molar-refractivity contribution in [2.45, 2.75) is 38.3 Å². The second-order valence-electron chi connectivity index (χ2n) is 5.89. The van der Waals surface area contributed by atoms with Gasteiger partial charge in [0.25, 0.3) is 5.91 Å². The predicted octanol–water partition coefficient (Wildman–Crippen LogP) is 0.460. The fourth-order valence-electron chi connectivity index (χ4n) is 2.86. The van der Waals surface area contributed by atoms with Gasteiger partial charge < -0.3 is 9.88 Å². The molecule has 8 heteroatoms. The Kier molecular flexibility index (Phi) is 3.51. The zero-order valence-electron chi connectivity index (χ0n) is 12.6. The van der Waals surface area contributed by atoms with E-state index in [-0.39, 0.29) is 11.9 Å². The monoisotopic (exact) mass is 302 g/mol. The molecule has 1 fully saturated rings. The number of carbonyl (C=O) groups is 1. The molecule has 1 saturated heterocycles. The standard InChI is InChI=1S/C14H18N6O2/c1-14(2,20-9-15-8-17-20)12(21)19-7-3-4-11(19)10-5-6-16-13(22)18-10/h5-6,8-9,11H,3-4,7H2,1-2H3,(H,16,18,22)/t11-/m1/s1. The van der Waals surface area contributed by atoms with Gasteiger partial charge in [0, 0.05) is 18.4 Å². The number of H-pyrrole nitrogens is 1. The fraction of sp³-hybridized carbons (Fsp3) is 0.500. The molecule has 1 aliphatic rings. The minimum Gasteiger partial charge on any atom is -0.332 e. The normalized spacial score (nSPS) is 18.6. The molecule has 8 nitrogen and oxygen atoms in total. The number of rotatable bonds is 3. The molecular formula is C14H18N6O2. The van der Waals surface area contributed by atoms with Gasteiger partial charge in [0.1, 0.15) is 18.2 Å². The predicted molar refractivity (Wildman–Crippen MR) is 77.9 cm³/mol. The van der Waals surface area contributed by atoms with E-state index in [0.717, 1.165) is 18.5 Å². The number of aromatic nitrogens is 5. The third kappa shape index (κ3) is 2.40. The number of amides is 1. The summed E-state index contributed by atoms with van der Waals surface area (Å²) in [4.78, 5) is 36.4. The lowest BCUT2D eigenvalue weighted by molar-refractivity contribution is -0.140. The highest BCUT2D eigenvalue weighted by Gasteiger charge is 2.40. The Balaban J connectivity index is 1.90. The van der Waals surface area contributed by atoms with Crippen LogP contribution < -0.4 is 5.69 Å². The van der Waals surface area contributed by atoms with Crippen LogP contribution in [0, 0.1) is 0 Å². The first kappa shape index (κ1) is 14.4. The van der Waals surface area contributed by atoms with Crippen LogP contribution in [0.2, 0.25) is 0 Å². The molecule has 1 atom stereocenters. The molecule has 0 radical (unpaired) electrons. The first-order valence-corrected chi connectivity index (χ1v) is 7.21. The number of carbonyl (C=O) groups excluding carboxylic acids is 1. The van der Waals surface area contributed by atoms with Crippen molar-refractivity contribution in [3.63, 3.8) is 0 Å². The molecule has 1 amide bonds. The third-order valence-electron chi connectivity index (χ3n) is 4.08. The van der Waals surface area contributed by atoms with E-state index in [1.54, 1.807) is 15.6 Å². The SMILES string of the molecule is CC(C)(C(=O)N1CCC[C@@H]1c1ccnc(=O)[nH]1)n1cncn1. The van der Waals surface area contributed by atoms with Crippen LogP contribution in [-0.2, 0) is 10.3 Å². The Morgan fingerprint density at radius 2 is 2.27 bits per heavy atom. The topological polar surface area (TPSA) is 96.8 Å². The van der Waals surface area contributed by atoms with Crippen LogP contribution in [0.3, 0.4) is 0 Å². The number of nitrogens with zero attached hydrogens (tertiary/aromatic N) is 5. The second-order valence-corrected chi connectivity index (χ2v) is 5.89. The minimum absolute atomic E-state index is 0.0434. The molecule has 1 N–H and O–H groups in total. The summed E-state index contributed by atoms with van der Waals surface area (Å²) in [5.74, 6) is -0.0434. The van der Waals surface area contributed by atoms with E-state index in [2.05, 4.69) is 20.1 Å². The maximum absolute atomic E-state index is 13.0. The zero-order chi connectivity index (χ0) is 15.7. The number of hydrogen-bond donors (Lipinski definition) is 1. The Hall–Kier alpha value is -2.51. The van der Waals surface area contributed by atoms with E-state index in [1.165, 1.54) is 18.9 Å². The van der Waals surface area contributed by atoms with Crippen molar-refractivity contribution < 1.29 is 4.79 Å². The molecule has 22 heavy (non-hydrogen) atoms. The Labute approximate surface area is 127 Å². The van der Waals surface area contributed by atoms with Crippen molar-refractivity contribution in [3.05, 3.63) is 41.1 Å². The van der Waals surface area contributed by atoms with Gasteiger partial charge >= 0.3 is 5.69 Å². The summed E-state index contributed by atoms with van der Waals surface area (Å²) in [6.07, 6.45) is 6.14. The van der Waals surface area contributed by atoms with Gasteiger partial charge in [0.15, 0.2) is 0 Å². The highest BCUT2D eigenvalue weighted by Crippen LogP contribution is 2.33. The van der Waals surface area contributed by atoms with Crippen molar-refractivity contribution in [2.24, 2.45) is 0 Å². The summed E-state index contributed by atoms with van der Waals surface area (Å²) >= 11 is 0. The van der Waals surface area contributed by atoms with Crippen LogP contribution in [0.1, 0.15) is 38.4 Å². The van der Waals surface area contributed by atoms with Crippen LogP contribution in [-0.4, -0.2) is 42.1 Å². The average molecular weight is 302 g/mol. The van der Waals surface area contributed by atoms with E-state index in [0.29, 0.717) is 6.54 Å². The summed E-state index contributed by atoms with van der Waals surface area (Å²) in [5.41, 5.74) is -0.501. The lowest BCUT2D eigenvalue weighted by Crippen LogP contribution is -2.47. The Morgan fingerprint density at radius 3 is 2.95 bits per heavy atom. The average Bonchev–Trinajstić information content (AvgIpc) is 3.18. The molecule has 116 valence electrons. The van der Waals surface area contributed by atoms with Crippen LogP contribution in [0.15, 0.2) is 29.7 Å². The zero-order valence-corrected chi connectivity index (χ0v) is 12.6. The van der Waals surface area contributed by atoms with E-state index >= 15 is 0 Å². The van der Waals surface area contributed by atoms with E-state index in [4.69, 9.17) is 0 Å². The number of likely N-dealkylation sites (tertiary alicyclic amines) is 1. The van der Waals surface area contributed by atoms with Gasteiger partial charge in [-0.25, -0.2) is 19.4 Å². The first-order valence-electron chi connectivity index (χ1n) is 7.21. The van der Waals surface area contributed by atoms with Crippen molar-refractivity contribution in [3.8, 4) is 0 Å². The van der Waals surface area contributed by atoms with Gasteiger partial charge in [-0.3, -0.25) is 4.79 Å². The lowest BCUT2D eigenvalue weighted by atomic mass is 10.0. The molecule has 0 unspecified atom stereocenters. The maximum Gasteiger partial charge on any atom is 0.345 e. The summed E-state index contributed by atoms with van der Waals surface area (Å²) < 4.78 is 1.56. The van der Waals surface area contributed by atoms with Crippen LogP contribution >= 0.6 is 0 Å². The van der Waals surface area contributed by atoms with Gasteiger partial charge in [-0.1, -0.05) is 0 Å². The fourth-order valence-corrected chi connectivity index (χ4v) is 2.86. The largest absolute Gasteiger partial charge is 0.345 e. The summed E-state index contributed by atoms with van der Waals surface area (Å²) in [6, 6.07) is 1.62. The Morgan fingerprint density at radius 1 is 1.45 bits per heavy atom. The Bertz CT molecular complexity index is 721. The quantitative estimate of drug-likeness (QED) is 0.888. The first-order chi connectivity index (χ1) is 10.5. The molecule has 0 bridgehead atoms. The van der Waals surface area contributed by atoms with Gasteiger partial charge in [-0.2, -0.15) is 5.10 Å². The van der Waals surface area contributed by atoms with Crippen molar-refractivity contribution in [2.75, 3.05) is 6.54 Å². The maximum atomic E-state index is 13.0. The van der Waals surface area contributed by atoms with E-state index < -0.39 is 11.2 Å². The molecule has 3 rings (SSSR count). The highest BCUT2D eigenvalue weighted by molar-refractivity contribution is 5.84. The number of hydrogen-bond acceptors (Lipinski definition) is 5. The molecule has 3 heterocycles. The van der Waals surface area contributed by atoms with Gasteiger partial charge in [-0.15, -0.1) is 0 Å². The van der Waals surface area contributed by atoms with Crippen LogP contribution in [0.25, 0.3) is 0 Å². The number of aromatic amines is 1. The van der Waals surface area contributed by atoms with Gasteiger partial charge in [-0.05, 0) is 32.8 Å². The molecule has 0 aliphatic carbocycles. The van der Waals surface area contributed by atoms with E-state index in [9.17, 15) is 9.59 Å². The molecule has 1 aliphatic heterocycles. The van der Waals surface area contributed by atoms with Crippen molar-refractivity contribution in [1.82, 2.24) is 29.6 Å². The minimum atomic E-state index is -0.827. The molecule has 2 aromatic heterocycles. The van der Waals surface area contributed by atoms with E-state index in [1.807, 2.05) is 13.8 Å².